The van der Waals surface area contributed by atoms with Crippen LogP contribution in [-0.4, -0.2) is 5.97 Å². The predicted molar refractivity (Wildman–Crippen MR) is 90.2 cm³/mol. The molecule has 0 fully saturated rings. The number of esters is 1. The zero-order valence-electron chi connectivity index (χ0n) is 13.4. The van der Waals surface area contributed by atoms with E-state index in [9.17, 15) is 4.79 Å². The minimum absolute atomic E-state index is 0.0956. The van der Waals surface area contributed by atoms with Crippen molar-refractivity contribution in [3.63, 3.8) is 0 Å². The fourth-order valence-electron chi connectivity index (χ4n) is 2.60. The average Bonchev–Trinajstić information content (AvgIpc) is 3.02. The van der Waals surface area contributed by atoms with E-state index in [1.807, 2.05) is 24.3 Å². The number of ether oxygens (including phenoxy) is 1. The van der Waals surface area contributed by atoms with E-state index < -0.39 is 0 Å². The maximum Gasteiger partial charge on any atom is 0.310 e. The largest absolute Gasteiger partial charge is 0.464 e. The number of fused-ring (bicyclic) bond motifs is 1. The lowest BCUT2D eigenvalue weighted by Crippen LogP contribution is -2.08. The lowest BCUT2D eigenvalue weighted by atomic mass is 10.1. The molecule has 4 heteroatoms. The van der Waals surface area contributed by atoms with E-state index in [2.05, 4.69) is 13.0 Å². The molecular formula is C20H17NO3. The van der Waals surface area contributed by atoms with Crippen molar-refractivity contribution in [2.24, 2.45) is 0 Å². The number of furan rings is 1. The number of nitriles is 1. The van der Waals surface area contributed by atoms with E-state index in [0.717, 1.165) is 23.0 Å². The summed E-state index contributed by atoms with van der Waals surface area (Å²) in [5.74, 6) is -0.343. The van der Waals surface area contributed by atoms with Gasteiger partial charge in [0, 0.05) is 16.5 Å². The summed E-state index contributed by atoms with van der Waals surface area (Å²) in [6, 6.07) is 15.2. The van der Waals surface area contributed by atoms with Crippen molar-refractivity contribution in [1.82, 2.24) is 0 Å². The fraction of sp³-hybridized carbons (Fsp3) is 0.200. The van der Waals surface area contributed by atoms with Crippen LogP contribution in [0.4, 0.5) is 0 Å². The van der Waals surface area contributed by atoms with Gasteiger partial charge in [-0.25, -0.2) is 0 Å². The van der Waals surface area contributed by atoms with Gasteiger partial charge in [-0.05, 0) is 24.1 Å². The molecule has 0 unspecified atom stereocenters. The number of hydrogen-bond donors (Lipinski definition) is 0. The molecule has 0 spiro atoms. The molecule has 2 aromatic carbocycles. The van der Waals surface area contributed by atoms with Crippen molar-refractivity contribution in [1.29, 1.82) is 5.26 Å². The van der Waals surface area contributed by atoms with Gasteiger partial charge in [0.25, 0.3) is 0 Å². The van der Waals surface area contributed by atoms with Crippen molar-refractivity contribution in [2.75, 3.05) is 0 Å². The van der Waals surface area contributed by atoms with E-state index in [1.54, 1.807) is 24.5 Å². The molecule has 4 nitrogen and oxygen atoms in total. The summed E-state index contributed by atoms with van der Waals surface area (Å²) in [6.45, 7) is 2.18. The smallest absolute Gasteiger partial charge is 0.310 e. The minimum atomic E-state index is -0.343. The van der Waals surface area contributed by atoms with Gasteiger partial charge in [0.2, 0.25) is 0 Å². The first-order valence-corrected chi connectivity index (χ1v) is 7.84. The van der Waals surface area contributed by atoms with Crippen molar-refractivity contribution < 1.29 is 13.9 Å². The molecule has 0 amide bonds. The van der Waals surface area contributed by atoms with Gasteiger partial charge < -0.3 is 9.15 Å². The molecule has 0 atom stereocenters. The van der Waals surface area contributed by atoms with E-state index >= 15 is 0 Å². The predicted octanol–water partition coefficient (Wildman–Crippen LogP) is 4.15. The Morgan fingerprint density at radius 3 is 2.83 bits per heavy atom. The van der Waals surface area contributed by atoms with Gasteiger partial charge in [-0.3, -0.25) is 4.79 Å². The van der Waals surface area contributed by atoms with Gasteiger partial charge in [0.1, 0.15) is 12.2 Å². The Morgan fingerprint density at radius 1 is 1.21 bits per heavy atom. The number of hydrogen-bond acceptors (Lipinski definition) is 4. The van der Waals surface area contributed by atoms with Gasteiger partial charge in [0.05, 0.1) is 24.3 Å². The van der Waals surface area contributed by atoms with Gasteiger partial charge in [0.15, 0.2) is 0 Å². The van der Waals surface area contributed by atoms with Crippen LogP contribution < -0.4 is 0 Å². The molecule has 0 N–H and O–H groups in total. The molecular weight excluding hydrogens is 302 g/mol. The van der Waals surface area contributed by atoms with E-state index in [-0.39, 0.29) is 19.0 Å². The zero-order chi connectivity index (χ0) is 16.9. The zero-order valence-corrected chi connectivity index (χ0v) is 13.4. The van der Waals surface area contributed by atoms with Crippen LogP contribution in [-0.2, 0) is 29.0 Å². The first kappa shape index (κ1) is 15.8. The second-order valence-corrected chi connectivity index (χ2v) is 5.55. The van der Waals surface area contributed by atoms with Gasteiger partial charge in [-0.15, -0.1) is 0 Å². The number of aryl methyl sites for hydroxylation is 1. The quantitative estimate of drug-likeness (QED) is 0.663. The molecule has 24 heavy (non-hydrogen) atoms. The second-order valence-electron chi connectivity index (χ2n) is 5.55. The monoisotopic (exact) mass is 319 g/mol. The van der Waals surface area contributed by atoms with Crippen molar-refractivity contribution in [2.45, 2.75) is 26.4 Å². The number of rotatable bonds is 5. The molecule has 0 aliphatic rings. The molecule has 0 radical (unpaired) electrons. The highest BCUT2D eigenvalue weighted by atomic mass is 16.5. The molecule has 0 saturated heterocycles. The van der Waals surface area contributed by atoms with Gasteiger partial charge in [-0.1, -0.05) is 37.3 Å². The average molecular weight is 319 g/mol. The van der Waals surface area contributed by atoms with Crippen LogP contribution in [0, 0.1) is 11.3 Å². The fourth-order valence-corrected chi connectivity index (χ4v) is 2.60. The Kier molecular flexibility index (Phi) is 4.62. The maximum atomic E-state index is 12.1. The molecule has 0 saturated carbocycles. The van der Waals surface area contributed by atoms with Gasteiger partial charge >= 0.3 is 5.97 Å². The summed E-state index contributed by atoms with van der Waals surface area (Å²) in [5.41, 5.74) is 4.02. The number of benzene rings is 2. The topological polar surface area (TPSA) is 63.2 Å². The molecule has 3 rings (SSSR count). The van der Waals surface area contributed by atoms with Crippen LogP contribution in [0.3, 0.4) is 0 Å². The highest BCUT2D eigenvalue weighted by Gasteiger charge is 2.12. The highest BCUT2D eigenvalue weighted by Crippen LogP contribution is 2.23. The first-order chi connectivity index (χ1) is 11.7. The maximum absolute atomic E-state index is 12.1. The molecule has 120 valence electrons. The Balaban J connectivity index is 1.68. The SMILES string of the molecule is CCc1ccc2c(CC(=O)OCc3ccccc3C#N)coc2c1. The summed E-state index contributed by atoms with van der Waals surface area (Å²) < 4.78 is 10.8. The minimum Gasteiger partial charge on any atom is -0.464 e. The van der Waals surface area contributed by atoms with Gasteiger partial charge in [-0.2, -0.15) is 5.26 Å². The van der Waals surface area contributed by atoms with E-state index in [0.29, 0.717) is 11.1 Å². The number of carbonyl (C=O) groups excluding carboxylic acids is 1. The van der Waals surface area contributed by atoms with E-state index in [1.165, 1.54) is 5.56 Å². The highest BCUT2D eigenvalue weighted by molar-refractivity contribution is 5.86. The molecule has 1 aromatic heterocycles. The molecule has 0 bridgehead atoms. The molecule has 0 aliphatic carbocycles. The normalized spacial score (nSPS) is 10.5. The summed E-state index contributed by atoms with van der Waals surface area (Å²) in [4.78, 5) is 12.1. The van der Waals surface area contributed by atoms with Crippen LogP contribution in [0.5, 0.6) is 0 Å². The Bertz CT molecular complexity index is 918. The van der Waals surface area contributed by atoms with E-state index in [4.69, 9.17) is 14.4 Å². The molecule has 1 heterocycles. The van der Waals surface area contributed by atoms with Crippen LogP contribution in [0.25, 0.3) is 11.0 Å². The third kappa shape index (κ3) is 3.31. The summed E-state index contributed by atoms with van der Waals surface area (Å²) in [6.07, 6.45) is 2.69. The summed E-state index contributed by atoms with van der Waals surface area (Å²) >= 11 is 0. The van der Waals surface area contributed by atoms with Crippen LogP contribution in [0.15, 0.2) is 53.1 Å². The van der Waals surface area contributed by atoms with Crippen molar-refractivity contribution in [3.05, 3.63) is 71.0 Å². The van der Waals surface area contributed by atoms with Crippen LogP contribution in [0.1, 0.15) is 29.2 Å². The summed E-state index contributed by atoms with van der Waals surface area (Å²) in [5, 5.41) is 9.98. The number of carbonyl (C=O) groups is 1. The van der Waals surface area contributed by atoms with Crippen molar-refractivity contribution in [3.8, 4) is 6.07 Å². The standard InChI is InChI=1S/C20H17NO3/c1-2-14-7-8-18-17(13-23-19(18)9-14)10-20(22)24-12-16-6-4-3-5-15(16)11-21/h3-9,13H,2,10,12H2,1H3. The number of nitrogens with zero attached hydrogens (tertiary/aromatic N) is 1. The second kappa shape index (κ2) is 7.01. The lowest BCUT2D eigenvalue weighted by molar-refractivity contribution is -0.144. The molecule has 3 aromatic rings. The first-order valence-electron chi connectivity index (χ1n) is 7.84. The van der Waals surface area contributed by atoms with Crippen molar-refractivity contribution >= 4 is 16.9 Å². The molecule has 0 aliphatic heterocycles. The summed E-state index contributed by atoms with van der Waals surface area (Å²) in [7, 11) is 0. The lowest BCUT2D eigenvalue weighted by Gasteiger charge is -2.06. The Labute approximate surface area is 140 Å². The third-order valence-electron chi connectivity index (χ3n) is 3.99. The third-order valence-corrected chi connectivity index (χ3v) is 3.99. The Hall–Kier alpha value is -3.06. The Morgan fingerprint density at radius 2 is 2.04 bits per heavy atom. The van der Waals surface area contributed by atoms with Crippen LogP contribution >= 0.6 is 0 Å². The van der Waals surface area contributed by atoms with Crippen LogP contribution in [0.2, 0.25) is 0 Å².